The lowest BCUT2D eigenvalue weighted by molar-refractivity contribution is 0.0666. The van der Waals surface area contributed by atoms with E-state index in [1.54, 1.807) is 19.5 Å². The Hall–Kier alpha value is -4.52. The number of nitrogens with two attached hydrogens (primary N) is 1. The number of fused-ring (bicyclic) bond motifs is 1. The molecule has 3 aromatic carbocycles. The van der Waals surface area contributed by atoms with Crippen LogP contribution in [0, 0.1) is 13.8 Å². The molecule has 0 fully saturated rings. The minimum absolute atomic E-state index is 0.0371. The number of carbonyl (C=O) groups excluding carboxylic acids is 1. The molecule has 4 aromatic rings. The summed E-state index contributed by atoms with van der Waals surface area (Å²) in [5.74, 6) is 1.49. The molecular formula is C30H30N4O3. The molecule has 1 aliphatic rings. The van der Waals surface area contributed by atoms with Gasteiger partial charge in [0.15, 0.2) is 0 Å². The van der Waals surface area contributed by atoms with Crippen LogP contribution in [0.15, 0.2) is 79.1 Å². The number of pyridine rings is 1. The molecule has 1 amide bonds. The Labute approximate surface area is 216 Å². The van der Waals surface area contributed by atoms with Gasteiger partial charge in [-0.1, -0.05) is 24.3 Å². The molecule has 0 aliphatic carbocycles. The zero-order valence-electron chi connectivity index (χ0n) is 21.2. The second-order valence-corrected chi connectivity index (χ2v) is 9.23. The number of anilines is 2. The molecule has 5 rings (SSSR count). The van der Waals surface area contributed by atoms with Gasteiger partial charge < -0.3 is 25.4 Å². The number of para-hydroxylation sites is 1. The van der Waals surface area contributed by atoms with Crippen LogP contribution >= 0.6 is 0 Å². The third-order valence-electron chi connectivity index (χ3n) is 6.57. The van der Waals surface area contributed by atoms with Crippen LogP contribution in [-0.2, 0) is 13.2 Å². The van der Waals surface area contributed by atoms with Crippen molar-refractivity contribution in [2.45, 2.75) is 33.2 Å². The summed E-state index contributed by atoms with van der Waals surface area (Å²) in [6.45, 7) is 4.69. The molecule has 1 aromatic heterocycles. The van der Waals surface area contributed by atoms with Gasteiger partial charge in [0.25, 0.3) is 5.91 Å². The molecule has 0 bridgehead atoms. The standard InChI is InChI=1S/C30H30N4O3/c1-19-13-24(31)14-20(2)28(19)37-18-23-15-22(10-11-27(23)36-3)29-33-26-9-5-4-8-25(26)30(35)34(29)17-21-7-6-12-32-16-21/h4-16,29,33H,17-18,31H2,1-3H3. The number of benzene rings is 3. The van der Waals surface area contributed by atoms with Crippen LogP contribution in [0.2, 0.25) is 0 Å². The predicted octanol–water partition coefficient (Wildman–Crippen LogP) is 5.63. The van der Waals surface area contributed by atoms with Gasteiger partial charge in [0.05, 0.1) is 12.7 Å². The van der Waals surface area contributed by atoms with Crippen molar-refractivity contribution in [2.24, 2.45) is 0 Å². The molecule has 1 atom stereocenters. The zero-order chi connectivity index (χ0) is 25.9. The van der Waals surface area contributed by atoms with E-state index in [2.05, 4.69) is 10.3 Å². The van der Waals surface area contributed by atoms with Crippen molar-refractivity contribution in [1.29, 1.82) is 0 Å². The molecule has 0 spiro atoms. The lowest BCUT2D eigenvalue weighted by atomic mass is 10.0. The first-order chi connectivity index (χ1) is 17.9. The minimum Gasteiger partial charge on any atom is -0.496 e. The topological polar surface area (TPSA) is 89.7 Å². The monoisotopic (exact) mass is 494 g/mol. The first-order valence-electron chi connectivity index (χ1n) is 12.2. The van der Waals surface area contributed by atoms with Crippen LogP contribution < -0.4 is 20.5 Å². The number of amides is 1. The minimum atomic E-state index is -0.382. The highest BCUT2D eigenvalue weighted by molar-refractivity contribution is 6.01. The van der Waals surface area contributed by atoms with Gasteiger partial charge in [-0.15, -0.1) is 0 Å². The van der Waals surface area contributed by atoms with E-state index in [0.29, 0.717) is 24.4 Å². The summed E-state index contributed by atoms with van der Waals surface area (Å²) in [7, 11) is 1.64. The van der Waals surface area contributed by atoms with E-state index in [0.717, 1.165) is 45.0 Å². The smallest absolute Gasteiger partial charge is 0.258 e. The van der Waals surface area contributed by atoms with Gasteiger partial charge in [-0.25, -0.2) is 0 Å². The molecule has 1 unspecified atom stereocenters. The zero-order valence-corrected chi connectivity index (χ0v) is 21.2. The van der Waals surface area contributed by atoms with Crippen LogP contribution in [0.5, 0.6) is 11.5 Å². The van der Waals surface area contributed by atoms with Crippen LogP contribution in [-0.4, -0.2) is 22.9 Å². The Balaban J connectivity index is 1.50. The van der Waals surface area contributed by atoms with E-state index in [1.807, 2.05) is 85.5 Å². The lowest BCUT2D eigenvalue weighted by Gasteiger charge is -2.38. The molecule has 37 heavy (non-hydrogen) atoms. The number of hydrogen-bond donors (Lipinski definition) is 2. The first kappa shape index (κ1) is 24.2. The average molecular weight is 495 g/mol. The quantitative estimate of drug-likeness (QED) is 0.324. The third-order valence-corrected chi connectivity index (χ3v) is 6.57. The number of hydrogen-bond acceptors (Lipinski definition) is 6. The molecule has 2 heterocycles. The van der Waals surface area contributed by atoms with Crippen LogP contribution in [0.3, 0.4) is 0 Å². The molecule has 3 N–H and O–H groups in total. The van der Waals surface area contributed by atoms with Gasteiger partial charge in [0.1, 0.15) is 24.3 Å². The second kappa shape index (κ2) is 10.2. The highest BCUT2D eigenvalue weighted by atomic mass is 16.5. The largest absolute Gasteiger partial charge is 0.496 e. The number of aromatic nitrogens is 1. The molecule has 0 saturated carbocycles. The molecule has 0 radical (unpaired) electrons. The van der Waals surface area contributed by atoms with Gasteiger partial charge >= 0.3 is 0 Å². The Morgan fingerprint density at radius 2 is 1.81 bits per heavy atom. The maximum Gasteiger partial charge on any atom is 0.258 e. The summed E-state index contributed by atoms with van der Waals surface area (Å²) in [5, 5.41) is 3.57. The molecule has 188 valence electrons. The SMILES string of the molecule is COc1ccc(C2Nc3ccccc3C(=O)N2Cc2cccnc2)cc1COc1c(C)cc(N)cc1C. The van der Waals surface area contributed by atoms with Crippen molar-refractivity contribution < 1.29 is 14.3 Å². The molecule has 7 heteroatoms. The van der Waals surface area contributed by atoms with Crippen molar-refractivity contribution in [3.05, 3.63) is 113 Å². The van der Waals surface area contributed by atoms with E-state index in [1.165, 1.54) is 0 Å². The van der Waals surface area contributed by atoms with Crippen molar-refractivity contribution in [3.63, 3.8) is 0 Å². The number of nitrogen functional groups attached to an aromatic ring is 1. The highest BCUT2D eigenvalue weighted by Gasteiger charge is 2.33. The Kier molecular flexibility index (Phi) is 6.68. The molecule has 1 aliphatic heterocycles. The Morgan fingerprint density at radius 1 is 1.03 bits per heavy atom. The number of rotatable bonds is 7. The summed E-state index contributed by atoms with van der Waals surface area (Å²) in [5.41, 5.74) is 12.9. The average Bonchev–Trinajstić information content (AvgIpc) is 2.90. The van der Waals surface area contributed by atoms with Gasteiger partial charge in [0.2, 0.25) is 0 Å². The fraction of sp³-hybridized carbons (Fsp3) is 0.200. The van der Waals surface area contributed by atoms with E-state index in [9.17, 15) is 4.79 Å². The maximum atomic E-state index is 13.6. The Morgan fingerprint density at radius 3 is 2.54 bits per heavy atom. The van der Waals surface area contributed by atoms with Gasteiger partial charge in [-0.2, -0.15) is 0 Å². The van der Waals surface area contributed by atoms with E-state index in [4.69, 9.17) is 15.2 Å². The van der Waals surface area contributed by atoms with E-state index in [-0.39, 0.29) is 12.1 Å². The van der Waals surface area contributed by atoms with Gasteiger partial charge in [-0.05, 0) is 78.6 Å². The fourth-order valence-electron chi connectivity index (χ4n) is 4.85. The Bertz CT molecular complexity index is 1420. The summed E-state index contributed by atoms with van der Waals surface area (Å²) in [6.07, 6.45) is 3.13. The number of aryl methyl sites for hydroxylation is 2. The van der Waals surface area contributed by atoms with Gasteiger partial charge in [-0.3, -0.25) is 9.78 Å². The van der Waals surface area contributed by atoms with Crippen molar-refractivity contribution >= 4 is 17.3 Å². The molecular weight excluding hydrogens is 464 g/mol. The van der Waals surface area contributed by atoms with Crippen molar-refractivity contribution in [1.82, 2.24) is 9.88 Å². The number of nitrogens with one attached hydrogen (secondary N) is 1. The second-order valence-electron chi connectivity index (χ2n) is 9.23. The van der Waals surface area contributed by atoms with Crippen LogP contribution in [0.4, 0.5) is 11.4 Å². The van der Waals surface area contributed by atoms with Crippen molar-refractivity contribution in [2.75, 3.05) is 18.2 Å². The van der Waals surface area contributed by atoms with Gasteiger partial charge in [0, 0.05) is 35.9 Å². The highest BCUT2D eigenvalue weighted by Crippen LogP contribution is 2.36. The molecule has 0 saturated heterocycles. The third kappa shape index (κ3) is 4.93. The van der Waals surface area contributed by atoms with Crippen LogP contribution in [0.1, 0.15) is 44.3 Å². The summed E-state index contributed by atoms with van der Waals surface area (Å²) >= 11 is 0. The number of ether oxygens (including phenoxy) is 2. The molecule has 7 nitrogen and oxygen atoms in total. The number of methoxy groups -OCH3 is 1. The normalized spacial score (nSPS) is 14.6. The van der Waals surface area contributed by atoms with E-state index < -0.39 is 0 Å². The summed E-state index contributed by atoms with van der Waals surface area (Å²) < 4.78 is 11.9. The number of nitrogens with zero attached hydrogens (tertiary/aromatic N) is 2. The summed E-state index contributed by atoms with van der Waals surface area (Å²) in [4.78, 5) is 19.7. The van der Waals surface area contributed by atoms with Crippen molar-refractivity contribution in [3.8, 4) is 11.5 Å². The number of carbonyl (C=O) groups is 1. The predicted molar refractivity (Wildman–Crippen MR) is 145 cm³/mol. The lowest BCUT2D eigenvalue weighted by Crippen LogP contribution is -2.42. The first-order valence-corrected chi connectivity index (χ1v) is 12.2. The fourth-order valence-corrected chi connectivity index (χ4v) is 4.85. The summed E-state index contributed by atoms with van der Waals surface area (Å²) in [6, 6.07) is 21.2. The van der Waals surface area contributed by atoms with Crippen LogP contribution in [0.25, 0.3) is 0 Å². The van der Waals surface area contributed by atoms with E-state index >= 15 is 0 Å². The maximum absolute atomic E-state index is 13.6.